The minimum atomic E-state index is -0.489. The lowest BCUT2D eigenvalue weighted by Gasteiger charge is -2.03. The lowest BCUT2D eigenvalue weighted by Crippen LogP contribution is -2.20. The summed E-state index contributed by atoms with van der Waals surface area (Å²) < 4.78 is 15.7. The second-order valence-corrected chi connectivity index (χ2v) is 5.17. The summed E-state index contributed by atoms with van der Waals surface area (Å²) >= 11 is 5.98. The second-order valence-electron chi connectivity index (χ2n) is 4.76. The van der Waals surface area contributed by atoms with Crippen LogP contribution in [0.25, 0.3) is 16.6 Å². The van der Waals surface area contributed by atoms with E-state index in [2.05, 4.69) is 5.10 Å². The van der Waals surface area contributed by atoms with E-state index in [1.807, 2.05) is 0 Å². The predicted octanol–water partition coefficient (Wildman–Crippen LogP) is 2.12. The fraction of sp³-hybridized carbons (Fsp3) is 0.143. The predicted molar refractivity (Wildman–Crippen MR) is 78.8 cm³/mol. The van der Waals surface area contributed by atoms with E-state index in [1.54, 1.807) is 14.0 Å². The molecular weight excluding hydrogens is 297 g/mol. The first-order valence-corrected chi connectivity index (χ1v) is 6.54. The number of aromatic amines is 1. The standard InChI is InChI=1S/C14H11ClFN3O2/c1-7-13-10(6-12(20)18(7)2)17-19(14(13)21)11-4-3-8(16)5-9(11)15/h3-6,17H,1-2H3. The first-order chi connectivity index (χ1) is 9.90. The maximum Gasteiger partial charge on any atom is 0.280 e. The van der Waals surface area contributed by atoms with Crippen molar-refractivity contribution in [2.45, 2.75) is 6.92 Å². The van der Waals surface area contributed by atoms with Crippen molar-refractivity contribution in [3.63, 3.8) is 0 Å². The van der Waals surface area contributed by atoms with Crippen molar-refractivity contribution in [2.24, 2.45) is 7.05 Å². The van der Waals surface area contributed by atoms with Gasteiger partial charge in [-0.25, -0.2) is 9.07 Å². The normalized spacial score (nSPS) is 11.2. The molecule has 0 aliphatic carbocycles. The van der Waals surface area contributed by atoms with Crippen LogP contribution in [0, 0.1) is 12.7 Å². The molecule has 0 aliphatic heterocycles. The number of aromatic nitrogens is 3. The van der Waals surface area contributed by atoms with E-state index in [4.69, 9.17) is 11.6 Å². The molecule has 2 heterocycles. The molecule has 0 bridgehead atoms. The Bertz CT molecular complexity index is 984. The van der Waals surface area contributed by atoms with Crippen molar-refractivity contribution < 1.29 is 4.39 Å². The molecule has 0 amide bonds. The summed E-state index contributed by atoms with van der Waals surface area (Å²) in [6.45, 7) is 1.69. The Labute approximate surface area is 123 Å². The van der Waals surface area contributed by atoms with Crippen LogP contribution in [0.15, 0.2) is 33.9 Å². The number of hydrogen-bond acceptors (Lipinski definition) is 2. The summed E-state index contributed by atoms with van der Waals surface area (Å²) in [5, 5.41) is 3.34. The van der Waals surface area contributed by atoms with Crippen LogP contribution in [-0.4, -0.2) is 14.3 Å². The zero-order valence-electron chi connectivity index (χ0n) is 11.3. The van der Waals surface area contributed by atoms with Crippen molar-refractivity contribution in [2.75, 3.05) is 0 Å². The first kappa shape index (κ1) is 13.6. The molecule has 0 spiro atoms. The topological polar surface area (TPSA) is 59.8 Å². The number of rotatable bonds is 1. The third kappa shape index (κ3) is 1.99. The van der Waals surface area contributed by atoms with Gasteiger partial charge in [0.1, 0.15) is 5.82 Å². The van der Waals surface area contributed by atoms with Gasteiger partial charge >= 0.3 is 0 Å². The molecule has 0 atom stereocenters. The quantitative estimate of drug-likeness (QED) is 0.748. The van der Waals surface area contributed by atoms with Crippen LogP contribution in [0.2, 0.25) is 5.02 Å². The van der Waals surface area contributed by atoms with Gasteiger partial charge in [0.25, 0.3) is 11.1 Å². The molecule has 2 aromatic heterocycles. The smallest absolute Gasteiger partial charge is 0.280 e. The Morgan fingerprint density at radius 1 is 1.24 bits per heavy atom. The number of pyridine rings is 1. The average molecular weight is 308 g/mol. The van der Waals surface area contributed by atoms with Gasteiger partial charge in [0.15, 0.2) is 0 Å². The van der Waals surface area contributed by atoms with E-state index in [1.165, 1.54) is 27.4 Å². The Morgan fingerprint density at radius 2 is 1.95 bits per heavy atom. The first-order valence-electron chi connectivity index (χ1n) is 6.17. The monoisotopic (exact) mass is 307 g/mol. The van der Waals surface area contributed by atoms with Gasteiger partial charge in [0, 0.05) is 18.8 Å². The van der Waals surface area contributed by atoms with Crippen LogP contribution in [0.5, 0.6) is 0 Å². The molecule has 0 fully saturated rings. The van der Waals surface area contributed by atoms with Crippen molar-refractivity contribution >= 4 is 22.5 Å². The number of nitrogens with one attached hydrogen (secondary N) is 1. The van der Waals surface area contributed by atoms with Crippen molar-refractivity contribution in [1.29, 1.82) is 0 Å². The Kier molecular flexibility index (Phi) is 2.98. The van der Waals surface area contributed by atoms with E-state index >= 15 is 0 Å². The summed E-state index contributed by atoms with van der Waals surface area (Å²) in [7, 11) is 1.60. The van der Waals surface area contributed by atoms with Gasteiger partial charge in [-0.3, -0.25) is 14.7 Å². The molecule has 0 aliphatic rings. The number of fused-ring (bicyclic) bond motifs is 1. The van der Waals surface area contributed by atoms with Gasteiger partial charge in [-0.1, -0.05) is 11.6 Å². The van der Waals surface area contributed by atoms with Crippen LogP contribution >= 0.6 is 11.6 Å². The highest BCUT2D eigenvalue weighted by molar-refractivity contribution is 6.32. The average Bonchev–Trinajstić information content (AvgIpc) is 2.73. The summed E-state index contributed by atoms with van der Waals surface area (Å²) in [5.74, 6) is -0.489. The van der Waals surface area contributed by atoms with E-state index in [-0.39, 0.29) is 16.1 Å². The van der Waals surface area contributed by atoms with Crippen LogP contribution < -0.4 is 11.1 Å². The third-order valence-electron chi connectivity index (χ3n) is 3.53. The van der Waals surface area contributed by atoms with Gasteiger partial charge in [-0.15, -0.1) is 0 Å². The van der Waals surface area contributed by atoms with Crippen molar-refractivity contribution in [3.05, 3.63) is 61.5 Å². The highest BCUT2D eigenvalue weighted by Gasteiger charge is 2.15. The molecule has 3 rings (SSSR count). The third-order valence-corrected chi connectivity index (χ3v) is 3.84. The van der Waals surface area contributed by atoms with Crippen LogP contribution in [-0.2, 0) is 7.05 Å². The fourth-order valence-corrected chi connectivity index (χ4v) is 2.55. The van der Waals surface area contributed by atoms with Crippen LogP contribution in [0.1, 0.15) is 5.69 Å². The Hall–Kier alpha value is -2.34. The van der Waals surface area contributed by atoms with Gasteiger partial charge < -0.3 is 4.57 Å². The molecular formula is C14H11ClFN3O2. The minimum Gasteiger partial charge on any atom is -0.315 e. The number of nitrogens with zero attached hydrogens (tertiary/aromatic N) is 2. The molecule has 0 radical (unpaired) electrons. The Morgan fingerprint density at radius 3 is 2.62 bits per heavy atom. The molecule has 0 saturated carbocycles. The molecule has 0 unspecified atom stereocenters. The number of benzene rings is 1. The molecule has 1 aromatic carbocycles. The number of H-pyrrole nitrogens is 1. The highest BCUT2D eigenvalue weighted by Crippen LogP contribution is 2.21. The SMILES string of the molecule is Cc1c2c(=O)n(-c3ccc(F)cc3Cl)[nH]c2cc(=O)n1C. The molecule has 1 N–H and O–H groups in total. The minimum absolute atomic E-state index is 0.105. The summed E-state index contributed by atoms with van der Waals surface area (Å²) in [5.41, 5.74) is 0.732. The summed E-state index contributed by atoms with van der Waals surface area (Å²) in [6.07, 6.45) is 0. The van der Waals surface area contributed by atoms with Crippen molar-refractivity contribution in [1.82, 2.24) is 14.3 Å². The summed E-state index contributed by atoms with van der Waals surface area (Å²) in [4.78, 5) is 24.3. The Balaban J connectivity index is 2.40. The largest absolute Gasteiger partial charge is 0.315 e. The number of aryl methyl sites for hydroxylation is 1. The molecule has 21 heavy (non-hydrogen) atoms. The molecule has 108 valence electrons. The van der Waals surface area contributed by atoms with Crippen LogP contribution in [0.3, 0.4) is 0 Å². The zero-order valence-corrected chi connectivity index (χ0v) is 12.0. The molecule has 0 saturated heterocycles. The van der Waals surface area contributed by atoms with Crippen LogP contribution in [0.4, 0.5) is 4.39 Å². The fourth-order valence-electron chi connectivity index (χ4n) is 2.29. The van der Waals surface area contributed by atoms with Gasteiger partial charge in [-0.05, 0) is 25.1 Å². The van der Waals surface area contributed by atoms with E-state index in [9.17, 15) is 14.0 Å². The summed E-state index contributed by atoms with van der Waals surface area (Å²) in [6, 6.07) is 5.09. The zero-order chi connectivity index (χ0) is 15.3. The molecule has 5 nitrogen and oxygen atoms in total. The maximum absolute atomic E-state index is 13.1. The number of hydrogen-bond donors (Lipinski definition) is 1. The molecule has 7 heteroatoms. The highest BCUT2D eigenvalue weighted by atomic mass is 35.5. The van der Waals surface area contributed by atoms with E-state index in [0.29, 0.717) is 22.3 Å². The lowest BCUT2D eigenvalue weighted by atomic mass is 10.2. The van der Waals surface area contributed by atoms with Gasteiger partial charge in [0.05, 0.1) is 21.6 Å². The molecule has 3 aromatic rings. The van der Waals surface area contributed by atoms with Gasteiger partial charge in [-0.2, -0.15) is 0 Å². The van der Waals surface area contributed by atoms with Crippen molar-refractivity contribution in [3.8, 4) is 5.69 Å². The maximum atomic E-state index is 13.1. The lowest BCUT2D eigenvalue weighted by molar-refractivity contribution is 0.627. The number of halogens is 2. The van der Waals surface area contributed by atoms with E-state index < -0.39 is 5.82 Å². The second kappa shape index (κ2) is 4.60. The van der Waals surface area contributed by atoms with E-state index in [0.717, 1.165) is 6.07 Å². The van der Waals surface area contributed by atoms with Gasteiger partial charge in [0.2, 0.25) is 0 Å².